The molecule has 146 valence electrons. The van der Waals surface area contributed by atoms with Crippen LogP contribution in [-0.4, -0.2) is 37.5 Å². The fourth-order valence-electron chi connectivity index (χ4n) is 2.68. The molecule has 0 radical (unpaired) electrons. The summed E-state index contributed by atoms with van der Waals surface area (Å²) < 4.78 is 10.9. The van der Waals surface area contributed by atoms with E-state index in [1.165, 1.54) is 4.90 Å². The largest absolute Gasteiger partial charge is 0.493 e. The van der Waals surface area contributed by atoms with Gasteiger partial charge in [-0.25, -0.2) is 0 Å². The van der Waals surface area contributed by atoms with Crippen LogP contribution in [0.3, 0.4) is 0 Å². The van der Waals surface area contributed by atoms with E-state index in [2.05, 4.69) is 10.9 Å². The fourth-order valence-corrected chi connectivity index (χ4v) is 2.68. The molecule has 2 aromatic carbocycles. The van der Waals surface area contributed by atoms with Crippen LogP contribution < -0.4 is 25.2 Å². The Bertz CT molecular complexity index is 884. The van der Waals surface area contributed by atoms with Crippen LogP contribution in [0.25, 0.3) is 0 Å². The van der Waals surface area contributed by atoms with Crippen molar-refractivity contribution in [1.29, 1.82) is 0 Å². The van der Waals surface area contributed by atoms with Gasteiger partial charge in [-0.1, -0.05) is 30.3 Å². The summed E-state index contributed by atoms with van der Waals surface area (Å²) in [6, 6.07) is 14.5. The smallest absolute Gasteiger partial charge is 0.265 e. The van der Waals surface area contributed by atoms with Gasteiger partial charge in [0.15, 0.2) is 6.61 Å². The van der Waals surface area contributed by atoms with Gasteiger partial charge < -0.3 is 9.47 Å². The van der Waals surface area contributed by atoms with Gasteiger partial charge >= 0.3 is 0 Å². The molecule has 1 aliphatic heterocycles. The summed E-state index contributed by atoms with van der Waals surface area (Å²) in [6.45, 7) is 1.74. The number of para-hydroxylation sites is 3. The number of nitrogens with zero attached hydrogens (tertiary/aromatic N) is 1. The van der Waals surface area contributed by atoms with E-state index in [0.717, 1.165) is 5.56 Å². The predicted molar refractivity (Wildman–Crippen MR) is 102 cm³/mol. The van der Waals surface area contributed by atoms with E-state index >= 15 is 0 Å². The lowest BCUT2D eigenvalue weighted by atomic mass is 10.2. The van der Waals surface area contributed by atoms with Crippen molar-refractivity contribution in [1.82, 2.24) is 10.9 Å². The lowest BCUT2D eigenvalue weighted by Crippen LogP contribution is -2.49. The zero-order valence-corrected chi connectivity index (χ0v) is 15.4. The van der Waals surface area contributed by atoms with Crippen LogP contribution in [0, 0.1) is 6.92 Å². The van der Waals surface area contributed by atoms with Gasteiger partial charge in [-0.2, -0.15) is 0 Å². The van der Waals surface area contributed by atoms with E-state index in [1.54, 1.807) is 24.3 Å². The third kappa shape index (κ3) is 4.79. The molecule has 28 heavy (non-hydrogen) atoms. The normalized spacial score (nSPS) is 12.6. The molecule has 0 aromatic heterocycles. The van der Waals surface area contributed by atoms with Gasteiger partial charge in [0.05, 0.1) is 18.7 Å². The standard InChI is InChI=1S/C20H21N3O5/c1-14-6-2-4-8-16(14)27-11-10-18(24)21-22-19(25)12-23-15-7-3-5-9-17(15)28-13-20(23)26/h2-9H,10-13H2,1H3,(H,21,24)(H,22,25). The van der Waals surface area contributed by atoms with Gasteiger partial charge in [-0.15, -0.1) is 0 Å². The highest BCUT2D eigenvalue weighted by atomic mass is 16.5. The number of benzene rings is 2. The van der Waals surface area contributed by atoms with Crippen LogP contribution in [0.5, 0.6) is 11.5 Å². The first-order valence-electron chi connectivity index (χ1n) is 8.83. The number of amides is 3. The van der Waals surface area contributed by atoms with Crippen molar-refractivity contribution in [3.8, 4) is 11.5 Å². The second-order valence-electron chi connectivity index (χ2n) is 6.20. The Balaban J connectivity index is 1.43. The molecule has 0 saturated heterocycles. The average Bonchev–Trinajstić information content (AvgIpc) is 2.70. The van der Waals surface area contributed by atoms with Crippen molar-refractivity contribution in [2.24, 2.45) is 0 Å². The maximum atomic E-state index is 12.1. The van der Waals surface area contributed by atoms with E-state index < -0.39 is 11.8 Å². The molecule has 0 atom stereocenters. The Morgan fingerprint density at radius 2 is 1.79 bits per heavy atom. The number of rotatable bonds is 6. The predicted octanol–water partition coefficient (Wildman–Crippen LogP) is 1.34. The average molecular weight is 383 g/mol. The Morgan fingerprint density at radius 3 is 2.61 bits per heavy atom. The Hall–Kier alpha value is -3.55. The third-order valence-corrected chi connectivity index (χ3v) is 4.13. The molecule has 2 aromatic rings. The first-order valence-corrected chi connectivity index (χ1v) is 8.83. The second kappa shape index (κ2) is 8.90. The number of anilines is 1. The van der Waals surface area contributed by atoms with Crippen LogP contribution in [0.1, 0.15) is 12.0 Å². The fraction of sp³-hybridized carbons (Fsp3) is 0.250. The SMILES string of the molecule is Cc1ccccc1OCCC(=O)NNC(=O)CN1C(=O)COc2ccccc21. The molecule has 2 N–H and O–H groups in total. The van der Waals surface area contributed by atoms with Gasteiger partial charge in [-0.3, -0.25) is 30.1 Å². The highest BCUT2D eigenvalue weighted by Gasteiger charge is 2.26. The van der Waals surface area contributed by atoms with Crippen LogP contribution >= 0.6 is 0 Å². The number of hydrazine groups is 1. The Kier molecular flexibility index (Phi) is 6.11. The van der Waals surface area contributed by atoms with E-state index in [9.17, 15) is 14.4 Å². The lowest BCUT2D eigenvalue weighted by Gasteiger charge is -2.28. The van der Waals surface area contributed by atoms with E-state index in [0.29, 0.717) is 17.2 Å². The zero-order valence-electron chi connectivity index (χ0n) is 15.4. The topological polar surface area (TPSA) is 97.0 Å². The van der Waals surface area contributed by atoms with Crippen molar-refractivity contribution in [2.45, 2.75) is 13.3 Å². The molecular formula is C20H21N3O5. The van der Waals surface area contributed by atoms with Gasteiger partial charge in [0.25, 0.3) is 11.8 Å². The van der Waals surface area contributed by atoms with E-state index in [1.807, 2.05) is 31.2 Å². The van der Waals surface area contributed by atoms with Gasteiger partial charge in [0.1, 0.15) is 18.0 Å². The molecule has 0 aliphatic carbocycles. The monoisotopic (exact) mass is 383 g/mol. The first-order chi connectivity index (χ1) is 13.5. The number of fused-ring (bicyclic) bond motifs is 1. The Labute approximate surface area is 162 Å². The maximum absolute atomic E-state index is 12.1. The summed E-state index contributed by atoms with van der Waals surface area (Å²) in [5.41, 5.74) is 6.14. The summed E-state index contributed by atoms with van der Waals surface area (Å²) in [5, 5.41) is 0. The summed E-state index contributed by atoms with van der Waals surface area (Å²) in [5.74, 6) is 0.0109. The van der Waals surface area contributed by atoms with Crippen LogP contribution in [0.2, 0.25) is 0 Å². The molecule has 1 aliphatic rings. The maximum Gasteiger partial charge on any atom is 0.265 e. The van der Waals surface area contributed by atoms with Crippen molar-refractivity contribution >= 4 is 23.4 Å². The number of hydrogen-bond donors (Lipinski definition) is 2. The molecule has 0 bridgehead atoms. The Morgan fingerprint density at radius 1 is 1.07 bits per heavy atom. The van der Waals surface area contributed by atoms with Crippen molar-refractivity contribution in [3.05, 3.63) is 54.1 Å². The molecule has 0 unspecified atom stereocenters. The third-order valence-electron chi connectivity index (χ3n) is 4.13. The van der Waals surface area contributed by atoms with Crippen molar-refractivity contribution in [2.75, 3.05) is 24.7 Å². The van der Waals surface area contributed by atoms with Crippen LogP contribution in [-0.2, 0) is 14.4 Å². The highest BCUT2D eigenvalue weighted by Crippen LogP contribution is 2.31. The van der Waals surface area contributed by atoms with E-state index in [-0.39, 0.29) is 32.1 Å². The molecule has 1 heterocycles. The number of nitrogens with one attached hydrogen (secondary N) is 2. The van der Waals surface area contributed by atoms with Crippen molar-refractivity contribution < 1.29 is 23.9 Å². The number of aryl methyl sites for hydroxylation is 1. The summed E-state index contributed by atoms with van der Waals surface area (Å²) in [6.07, 6.45) is 0.0773. The molecule has 0 spiro atoms. The molecule has 8 heteroatoms. The minimum absolute atomic E-state index is 0.0773. The molecule has 3 amide bonds. The molecular weight excluding hydrogens is 362 g/mol. The van der Waals surface area contributed by atoms with Gasteiger partial charge in [-0.05, 0) is 30.7 Å². The number of carbonyl (C=O) groups excluding carboxylic acids is 3. The molecule has 3 rings (SSSR count). The van der Waals surface area contributed by atoms with Gasteiger partial charge in [0, 0.05) is 0 Å². The number of ether oxygens (including phenoxy) is 2. The molecule has 0 fully saturated rings. The summed E-state index contributed by atoms with van der Waals surface area (Å²) >= 11 is 0. The minimum Gasteiger partial charge on any atom is -0.493 e. The van der Waals surface area contributed by atoms with Gasteiger partial charge in [0.2, 0.25) is 5.91 Å². The van der Waals surface area contributed by atoms with E-state index in [4.69, 9.17) is 9.47 Å². The summed E-state index contributed by atoms with van der Waals surface area (Å²) in [7, 11) is 0. The molecule has 8 nitrogen and oxygen atoms in total. The summed E-state index contributed by atoms with van der Waals surface area (Å²) in [4.78, 5) is 37.4. The number of carbonyl (C=O) groups is 3. The number of hydrogen-bond acceptors (Lipinski definition) is 5. The van der Waals surface area contributed by atoms with Crippen LogP contribution in [0.4, 0.5) is 5.69 Å². The lowest BCUT2D eigenvalue weighted by molar-refractivity contribution is -0.129. The minimum atomic E-state index is -0.516. The highest BCUT2D eigenvalue weighted by molar-refractivity contribution is 6.02. The van der Waals surface area contributed by atoms with Crippen molar-refractivity contribution in [3.63, 3.8) is 0 Å². The quantitative estimate of drug-likeness (QED) is 0.734. The zero-order chi connectivity index (χ0) is 19.9. The molecule has 0 saturated carbocycles. The first kappa shape index (κ1) is 19.2. The second-order valence-corrected chi connectivity index (χ2v) is 6.20. The van der Waals surface area contributed by atoms with Crippen LogP contribution in [0.15, 0.2) is 48.5 Å².